The monoisotopic (exact) mass is 610 g/mol. The first kappa shape index (κ1) is 36.9. The van der Waals surface area contributed by atoms with Crippen molar-refractivity contribution in [2.75, 3.05) is 36.8 Å². The lowest BCUT2D eigenvalue weighted by Gasteiger charge is -2.26. The van der Waals surface area contributed by atoms with E-state index in [1.807, 2.05) is 53.4 Å². The van der Waals surface area contributed by atoms with Gasteiger partial charge in [0, 0.05) is 37.3 Å². The highest BCUT2D eigenvalue weighted by Crippen LogP contribution is 2.42. The van der Waals surface area contributed by atoms with E-state index in [2.05, 4.69) is 33.9 Å². The zero-order chi connectivity index (χ0) is 32.7. The van der Waals surface area contributed by atoms with E-state index in [9.17, 15) is 14.9 Å². The van der Waals surface area contributed by atoms with Gasteiger partial charge >= 0.3 is 6.09 Å². The number of carbonyl (C=O) groups is 2. The van der Waals surface area contributed by atoms with Crippen LogP contribution in [0.15, 0.2) is 17.3 Å². The van der Waals surface area contributed by atoms with Crippen molar-refractivity contribution in [1.29, 1.82) is 5.26 Å². The highest BCUT2D eigenvalue weighted by Gasteiger charge is 2.32. The summed E-state index contributed by atoms with van der Waals surface area (Å²) in [5.74, 6) is -0.508. The van der Waals surface area contributed by atoms with Gasteiger partial charge in [0.2, 0.25) is 5.95 Å². The number of aliphatic imine (C=N–C) groups is 1. The Morgan fingerprint density at radius 2 is 1.81 bits per heavy atom. The van der Waals surface area contributed by atoms with Crippen LogP contribution in [-0.4, -0.2) is 64.5 Å². The topological polar surface area (TPSA) is 164 Å². The fourth-order valence-corrected chi connectivity index (χ4v) is 5.69. The molecule has 2 amide bonds. The fraction of sp³-hybridized carbons (Fsp3) is 0.548. The number of terminal acetylenes is 1. The van der Waals surface area contributed by atoms with Crippen molar-refractivity contribution in [1.82, 2.24) is 14.9 Å². The van der Waals surface area contributed by atoms with Gasteiger partial charge in [-0.3, -0.25) is 4.79 Å². The second kappa shape index (κ2) is 17.7. The van der Waals surface area contributed by atoms with E-state index in [-0.39, 0.29) is 11.9 Å². The van der Waals surface area contributed by atoms with Crippen LogP contribution in [0.2, 0.25) is 0 Å². The number of nitrogens with two attached hydrogens (primary N) is 2. The molecule has 2 aromatic rings. The molecule has 1 aliphatic heterocycles. The Labute approximate surface area is 260 Å². The van der Waals surface area contributed by atoms with Crippen molar-refractivity contribution in [3.63, 3.8) is 0 Å². The van der Waals surface area contributed by atoms with Crippen molar-refractivity contribution >= 4 is 40.1 Å². The van der Waals surface area contributed by atoms with Gasteiger partial charge < -0.3 is 26.0 Å². The highest BCUT2D eigenvalue weighted by atomic mass is 32.1. The first-order valence-electron chi connectivity index (χ1n) is 14.7. The Balaban J connectivity index is 0.00000145. The molecule has 1 saturated heterocycles. The predicted molar refractivity (Wildman–Crippen MR) is 174 cm³/mol. The lowest BCUT2D eigenvalue weighted by atomic mass is 9.85. The number of carbonyl (C=O) groups excluding carboxylic acids is 2. The number of thiophene rings is 1. The Morgan fingerprint density at radius 3 is 2.44 bits per heavy atom. The zero-order valence-electron chi connectivity index (χ0n) is 26.5. The zero-order valence-corrected chi connectivity index (χ0v) is 27.3. The number of fused-ring (bicyclic) bond motifs is 1. The second-order valence-electron chi connectivity index (χ2n) is 10.1. The maximum absolute atomic E-state index is 13.1. The molecule has 1 aliphatic carbocycles. The van der Waals surface area contributed by atoms with Crippen molar-refractivity contribution < 1.29 is 14.3 Å². The molecule has 234 valence electrons. The SMILES string of the molecule is C#C.CC.CC.CC(C)(C)OC(=O)N1CCCN(c2nccc(C(N)=NC(=O)[C@H]3CCCc4sc(N)c(C#N)c43)n2)CC1. The molecule has 0 saturated carbocycles. The van der Waals surface area contributed by atoms with Crippen LogP contribution in [0.5, 0.6) is 0 Å². The van der Waals surface area contributed by atoms with Gasteiger partial charge in [-0.1, -0.05) is 27.7 Å². The van der Waals surface area contributed by atoms with Crippen LogP contribution >= 0.6 is 11.3 Å². The maximum atomic E-state index is 13.1. The van der Waals surface area contributed by atoms with Gasteiger partial charge in [-0.05, 0) is 58.1 Å². The number of nitriles is 1. The predicted octanol–water partition coefficient (Wildman–Crippen LogP) is 5.09. The summed E-state index contributed by atoms with van der Waals surface area (Å²) < 4.78 is 5.50. The summed E-state index contributed by atoms with van der Waals surface area (Å²) in [7, 11) is 0. The van der Waals surface area contributed by atoms with Crippen LogP contribution in [0, 0.1) is 24.2 Å². The molecule has 43 heavy (non-hydrogen) atoms. The van der Waals surface area contributed by atoms with E-state index in [0.29, 0.717) is 60.4 Å². The van der Waals surface area contributed by atoms with Gasteiger partial charge in [0.15, 0.2) is 5.84 Å². The number of aryl methyl sites for hydroxylation is 1. The van der Waals surface area contributed by atoms with Crippen LogP contribution in [0.4, 0.5) is 15.7 Å². The van der Waals surface area contributed by atoms with Gasteiger partial charge in [0.25, 0.3) is 5.91 Å². The molecule has 1 atom stereocenters. The number of nitrogen functional groups attached to an aromatic ring is 1. The standard InChI is InChI=1S/C25H32N8O3S.2C2H6.C2H2/c1-25(2,3)36-24(35)33-11-5-10-32(12-13-33)23-29-9-8-17(30-23)20(27)31-22(34)15-6-4-7-18-19(15)16(14-26)21(28)37-18;3*1-2/h8-9,15H,4-7,10-13,28H2,1-3H3,(H2,27,31,34);2*1-2H3;1-2H/t15-;;;/m0.../s1. The minimum absolute atomic E-state index is 0.00677. The summed E-state index contributed by atoms with van der Waals surface area (Å²) in [5, 5.41) is 9.99. The third-order valence-electron chi connectivity index (χ3n) is 6.27. The van der Waals surface area contributed by atoms with Crippen LogP contribution in [-0.2, 0) is 16.0 Å². The van der Waals surface area contributed by atoms with E-state index in [1.165, 1.54) is 11.3 Å². The largest absolute Gasteiger partial charge is 0.444 e. The van der Waals surface area contributed by atoms with Gasteiger partial charge in [0.1, 0.15) is 22.4 Å². The number of rotatable bonds is 3. The molecule has 2 aliphatic rings. The van der Waals surface area contributed by atoms with E-state index in [0.717, 1.165) is 24.1 Å². The molecule has 4 N–H and O–H groups in total. The highest BCUT2D eigenvalue weighted by molar-refractivity contribution is 7.16. The van der Waals surface area contributed by atoms with E-state index >= 15 is 0 Å². The van der Waals surface area contributed by atoms with Crippen molar-refractivity contribution in [3.05, 3.63) is 34.0 Å². The number of hydrogen-bond donors (Lipinski definition) is 2. The molecule has 0 aromatic carbocycles. The molecule has 2 aromatic heterocycles. The van der Waals surface area contributed by atoms with Gasteiger partial charge in [-0.25, -0.2) is 14.8 Å². The number of hydrogen-bond acceptors (Lipinski definition) is 9. The van der Waals surface area contributed by atoms with Crippen LogP contribution in [0.1, 0.15) is 95.3 Å². The van der Waals surface area contributed by atoms with Crippen LogP contribution in [0.25, 0.3) is 0 Å². The summed E-state index contributed by atoms with van der Waals surface area (Å²) in [4.78, 5) is 43.3. The van der Waals surface area contributed by atoms with E-state index < -0.39 is 17.4 Å². The normalized spacial score (nSPS) is 16.3. The van der Waals surface area contributed by atoms with Crippen molar-refractivity contribution in [2.45, 2.75) is 85.7 Å². The second-order valence-corrected chi connectivity index (χ2v) is 11.3. The van der Waals surface area contributed by atoms with Crippen molar-refractivity contribution in [2.24, 2.45) is 10.7 Å². The molecular weight excluding hydrogens is 564 g/mol. The number of ether oxygens (including phenoxy) is 1. The summed E-state index contributed by atoms with van der Waals surface area (Å²) >= 11 is 1.37. The molecule has 11 nitrogen and oxygen atoms in total. The minimum atomic E-state index is -0.555. The Hall–Kier alpha value is -4.16. The van der Waals surface area contributed by atoms with Gasteiger partial charge in [0.05, 0.1) is 11.5 Å². The number of amides is 2. The lowest BCUT2D eigenvalue weighted by molar-refractivity contribution is -0.119. The summed E-state index contributed by atoms with van der Waals surface area (Å²) in [6, 6.07) is 3.75. The molecule has 0 unspecified atom stereocenters. The molecule has 0 spiro atoms. The minimum Gasteiger partial charge on any atom is -0.444 e. The van der Waals surface area contributed by atoms with Gasteiger partial charge in [-0.2, -0.15) is 10.3 Å². The summed E-state index contributed by atoms with van der Waals surface area (Å²) in [6.45, 7) is 15.8. The quantitative estimate of drug-likeness (QED) is 0.273. The van der Waals surface area contributed by atoms with Crippen LogP contribution < -0.4 is 16.4 Å². The van der Waals surface area contributed by atoms with Crippen molar-refractivity contribution in [3.8, 4) is 18.9 Å². The van der Waals surface area contributed by atoms with E-state index in [1.54, 1.807) is 17.2 Å². The molecule has 1 fully saturated rings. The Bertz CT molecular complexity index is 1310. The van der Waals surface area contributed by atoms with Gasteiger partial charge in [-0.15, -0.1) is 24.2 Å². The lowest BCUT2D eigenvalue weighted by Crippen LogP contribution is -2.39. The van der Waals surface area contributed by atoms with Crippen LogP contribution in [0.3, 0.4) is 0 Å². The third kappa shape index (κ3) is 9.97. The molecule has 4 rings (SSSR count). The molecule has 0 radical (unpaired) electrons. The molecule has 12 heteroatoms. The maximum Gasteiger partial charge on any atom is 0.410 e. The molecular formula is C31H46N8O3S. The number of amidine groups is 1. The number of aromatic nitrogens is 2. The molecule has 3 heterocycles. The number of anilines is 2. The smallest absolute Gasteiger partial charge is 0.410 e. The average molecular weight is 611 g/mol. The molecule has 0 bridgehead atoms. The number of nitrogens with zero attached hydrogens (tertiary/aromatic N) is 6. The first-order valence-corrected chi connectivity index (χ1v) is 15.5. The van der Waals surface area contributed by atoms with E-state index in [4.69, 9.17) is 16.2 Å². The average Bonchev–Trinajstić information content (AvgIpc) is 3.16. The first-order chi connectivity index (χ1) is 20.6. The summed E-state index contributed by atoms with van der Waals surface area (Å²) in [6.07, 6.45) is 12.2. The summed E-state index contributed by atoms with van der Waals surface area (Å²) in [5.41, 5.74) is 13.1. The Kier molecular flexibility index (Phi) is 15.2. The fourth-order valence-electron chi connectivity index (χ4n) is 4.56. The Morgan fingerprint density at radius 1 is 1.14 bits per heavy atom. The third-order valence-corrected chi connectivity index (χ3v) is 7.37.